The van der Waals surface area contributed by atoms with E-state index < -0.39 is 9.84 Å². The van der Waals surface area contributed by atoms with Crippen LogP contribution in [0, 0.1) is 0 Å². The van der Waals surface area contributed by atoms with E-state index in [1.54, 1.807) is 30.1 Å². The fourth-order valence-corrected chi connectivity index (χ4v) is 3.32. The Morgan fingerprint density at radius 1 is 1.17 bits per heavy atom. The van der Waals surface area contributed by atoms with Crippen LogP contribution >= 0.6 is 11.8 Å². The van der Waals surface area contributed by atoms with Gasteiger partial charge in [0, 0.05) is 36.1 Å². The first-order chi connectivity index (χ1) is 10.9. The minimum absolute atomic E-state index is 0.0920. The fraction of sp³-hybridized carbons (Fsp3) is 0.250. The number of nitrogens with one attached hydrogen (secondary N) is 1. The SMILES string of the molecule is CS(=O)(=O)c1ccc(NC(=O)CCSCc2ccccn2)cc1. The van der Waals surface area contributed by atoms with E-state index in [9.17, 15) is 13.2 Å². The van der Waals surface area contributed by atoms with Crippen LogP contribution in [0.3, 0.4) is 0 Å². The molecule has 1 amide bonds. The molecule has 0 atom stereocenters. The van der Waals surface area contributed by atoms with Crippen molar-refractivity contribution in [1.29, 1.82) is 0 Å². The number of sulfone groups is 1. The number of hydrogen-bond acceptors (Lipinski definition) is 5. The first-order valence-corrected chi connectivity index (χ1v) is 10.1. The second kappa shape index (κ2) is 8.12. The lowest BCUT2D eigenvalue weighted by Gasteiger charge is -2.06. The van der Waals surface area contributed by atoms with E-state index in [4.69, 9.17) is 0 Å². The molecular formula is C16H18N2O3S2. The van der Waals surface area contributed by atoms with Crippen LogP contribution in [0.1, 0.15) is 12.1 Å². The van der Waals surface area contributed by atoms with Crippen LogP contribution in [0.2, 0.25) is 0 Å². The number of hydrogen-bond donors (Lipinski definition) is 1. The van der Waals surface area contributed by atoms with Gasteiger partial charge in [-0.25, -0.2) is 8.42 Å². The Morgan fingerprint density at radius 3 is 2.52 bits per heavy atom. The number of benzene rings is 1. The van der Waals surface area contributed by atoms with E-state index >= 15 is 0 Å². The number of nitrogens with zero attached hydrogens (tertiary/aromatic N) is 1. The third kappa shape index (κ3) is 6.03. The van der Waals surface area contributed by atoms with Gasteiger partial charge in [-0.1, -0.05) is 6.07 Å². The average Bonchev–Trinajstić information content (AvgIpc) is 2.52. The van der Waals surface area contributed by atoms with Crippen LogP contribution in [0.15, 0.2) is 53.6 Å². The van der Waals surface area contributed by atoms with E-state index in [1.165, 1.54) is 12.1 Å². The largest absolute Gasteiger partial charge is 0.326 e. The summed E-state index contributed by atoms with van der Waals surface area (Å²) in [5.41, 5.74) is 1.59. The molecule has 2 aromatic rings. The molecule has 5 nitrogen and oxygen atoms in total. The van der Waals surface area contributed by atoms with Crippen molar-refractivity contribution < 1.29 is 13.2 Å². The van der Waals surface area contributed by atoms with Crippen LogP contribution in [-0.2, 0) is 20.4 Å². The number of carbonyl (C=O) groups is 1. The monoisotopic (exact) mass is 350 g/mol. The molecule has 0 saturated heterocycles. The Bertz CT molecular complexity index is 745. The third-order valence-electron chi connectivity index (χ3n) is 3.02. The van der Waals surface area contributed by atoms with Crippen LogP contribution in [0.5, 0.6) is 0 Å². The summed E-state index contributed by atoms with van der Waals surface area (Å²) in [5.74, 6) is 1.38. The summed E-state index contributed by atoms with van der Waals surface area (Å²) >= 11 is 1.65. The molecule has 2 rings (SSSR count). The summed E-state index contributed by atoms with van der Waals surface area (Å²) in [5, 5.41) is 2.76. The number of anilines is 1. The van der Waals surface area contributed by atoms with Crippen LogP contribution in [-0.4, -0.2) is 31.3 Å². The smallest absolute Gasteiger partial charge is 0.225 e. The first-order valence-electron chi connectivity index (χ1n) is 7.03. The molecule has 0 aliphatic rings. The first kappa shape index (κ1) is 17.5. The summed E-state index contributed by atoms with van der Waals surface area (Å²) in [6.07, 6.45) is 3.30. The maximum atomic E-state index is 11.8. The van der Waals surface area contributed by atoms with E-state index in [0.29, 0.717) is 17.9 Å². The molecule has 0 saturated carbocycles. The van der Waals surface area contributed by atoms with Crippen LogP contribution < -0.4 is 5.32 Å². The van der Waals surface area contributed by atoms with E-state index in [0.717, 1.165) is 17.7 Å². The molecule has 0 fully saturated rings. The van der Waals surface area contributed by atoms with Gasteiger partial charge in [0.25, 0.3) is 0 Å². The van der Waals surface area contributed by atoms with Gasteiger partial charge in [0.2, 0.25) is 5.91 Å². The van der Waals surface area contributed by atoms with Gasteiger partial charge in [0.05, 0.1) is 10.6 Å². The van der Waals surface area contributed by atoms with Crippen molar-refractivity contribution >= 4 is 33.2 Å². The zero-order chi connectivity index (χ0) is 16.7. The summed E-state index contributed by atoms with van der Waals surface area (Å²) in [7, 11) is -3.21. The van der Waals surface area contributed by atoms with Gasteiger partial charge in [0.1, 0.15) is 0 Å². The molecule has 0 bridgehead atoms. The zero-order valence-electron chi connectivity index (χ0n) is 12.7. The average molecular weight is 350 g/mol. The minimum atomic E-state index is -3.21. The standard InChI is InChI=1S/C16H18N2O3S2/c1-23(20,21)15-7-5-13(6-8-15)18-16(19)9-11-22-12-14-4-2-3-10-17-14/h2-8,10H,9,11-12H2,1H3,(H,18,19). The second-order valence-corrected chi connectivity index (χ2v) is 8.09. The minimum Gasteiger partial charge on any atom is -0.326 e. The van der Waals surface area contributed by atoms with Crippen molar-refractivity contribution in [2.24, 2.45) is 0 Å². The zero-order valence-corrected chi connectivity index (χ0v) is 14.4. The van der Waals surface area contributed by atoms with Gasteiger partial charge in [0.15, 0.2) is 9.84 Å². The molecule has 1 heterocycles. The van der Waals surface area contributed by atoms with E-state index in [1.807, 2.05) is 18.2 Å². The van der Waals surface area contributed by atoms with Crippen LogP contribution in [0.4, 0.5) is 5.69 Å². The van der Waals surface area contributed by atoms with Crippen molar-refractivity contribution in [3.05, 3.63) is 54.4 Å². The number of pyridine rings is 1. The maximum absolute atomic E-state index is 11.8. The molecule has 1 aromatic heterocycles. The Kier molecular flexibility index (Phi) is 6.18. The van der Waals surface area contributed by atoms with E-state index in [-0.39, 0.29) is 10.8 Å². The predicted molar refractivity (Wildman–Crippen MR) is 93.2 cm³/mol. The lowest BCUT2D eigenvalue weighted by molar-refractivity contribution is -0.115. The van der Waals surface area contributed by atoms with Crippen molar-refractivity contribution in [2.75, 3.05) is 17.3 Å². The van der Waals surface area contributed by atoms with Gasteiger partial charge in [-0.15, -0.1) is 0 Å². The third-order valence-corrected chi connectivity index (χ3v) is 5.14. The number of carbonyl (C=O) groups excluding carboxylic acids is 1. The maximum Gasteiger partial charge on any atom is 0.225 e. The second-order valence-electron chi connectivity index (χ2n) is 4.97. The van der Waals surface area contributed by atoms with Gasteiger partial charge in [-0.2, -0.15) is 11.8 Å². The molecule has 23 heavy (non-hydrogen) atoms. The lowest BCUT2D eigenvalue weighted by Crippen LogP contribution is -2.12. The molecule has 0 aliphatic carbocycles. The predicted octanol–water partition coefficient (Wildman–Crippen LogP) is 2.75. The van der Waals surface area contributed by atoms with E-state index in [2.05, 4.69) is 10.3 Å². The number of rotatable bonds is 7. The normalized spacial score (nSPS) is 11.2. The summed E-state index contributed by atoms with van der Waals surface area (Å²) < 4.78 is 22.7. The Hall–Kier alpha value is -1.86. The number of amides is 1. The Morgan fingerprint density at radius 2 is 1.91 bits per heavy atom. The molecular weight excluding hydrogens is 332 g/mol. The lowest BCUT2D eigenvalue weighted by atomic mass is 10.3. The van der Waals surface area contributed by atoms with Crippen molar-refractivity contribution in [2.45, 2.75) is 17.1 Å². The molecule has 0 spiro atoms. The molecule has 1 aromatic carbocycles. The van der Waals surface area contributed by atoms with Gasteiger partial charge < -0.3 is 5.32 Å². The van der Waals surface area contributed by atoms with Gasteiger partial charge in [-0.05, 0) is 36.4 Å². The van der Waals surface area contributed by atoms with Crippen molar-refractivity contribution in [1.82, 2.24) is 4.98 Å². The highest BCUT2D eigenvalue weighted by Crippen LogP contribution is 2.15. The summed E-state index contributed by atoms with van der Waals surface area (Å²) in [6, 6.07) is 11.9. The molecule has 7 heteroatoms. The van der Waals surface area contributed by atoms with Crippen molar-refractivity contribution in [3.8, 4) is 0 Å². The number of thioether (sulfide) groups is 1. The molecule has 0 aliphatic heterocycles. The fourth-order valence-electron chi connectivity index (χ4n) is 1.83. The van der Waals surface area contributed by atoms with Crippen LogP contribution in [0.25, 0.3) is 0 Å². The highest BCUT2D eigenvalue weighted by Gasteiger charge is 2.07. The van der Waals surface area contributed by atoms with Crippen molar-refractivity contribution in [3.63, 3.8) is 0 Å². The number of aromatic nitrogens is 1. The van der Waals surface area contributed by atoms with Gasteiger partial charge in [-0.3, -0.25) is 9.78 Å². The summed E-state index contributed by atoms with van der Waals surface area (Å²) in [4.78, 5) is 16.3. The highest BCUT2D eigenvalue weighted by molar-refractivity contribution is 7.98. The molecule has 122 valence electrons. The topological polar surface area (TPSA) is 76.1 Å². The quantitative estimate of drug-likeness (QED) is 0.777. The Balaban J connectivity index is 1.74. The summed E-state index contributed by atoms with van der Waals surface area (Å²) in [6.45, 7) is 0. The molecule has 1 N–H and O–H groups in total. The molecule has 0 radical (unpaired) electrons. The molecule has 0 unspecified atom stereocenters. The Labute approximate surface area is 140 Å². The van der Waals surface area contributed by atoms with Gasteiger partial charge >= 0.3 is 0 Å². The highest BCUT2D eigenvalue weighted by atomic mass is 32.2.